The molecule has 0 bridgehead atoms. The van der Waals surface area contributed by atoms with Crippen LogP contribution in [0.3, 0.4) is 0 Å². The third-order valence-electron chi connectivity index (χ3n) is 3.18. The van der Waals surface area contributed by atoms with E-state index in [9.17, 15) is 0 Å². The van der Waals surface area contributed by atoms with Crippen molar-refractivity contribution in [1.29, 1.82) is 0 Å². The fourth-order valence-electron chi connectivity index (χ4n) is 2.10. The van der Waals surface area contributed by atoms with Crippen molar-refractivity contribution in [3.63, 3.8) is 0 Å². The Bertz CT molecular complexity index is 310. The number of aromatic nitrogens is 1. The quantitative estimate of drug-likeness (QED) is 0.847. The number of rotatable bonds is 4. The summed E-state index contributed by atoms with van der Waals surface area (Å²) in [6, 6.07) is 0. The molecule has 1 N–H and O–H groups in total. The zero-order chi connectivity index (χ0) is 11.4. The Morgan fingerprint density at radius 2 is 2.38 bits per heavy atom. The zero-order valence-corrected chi connectivity index (χ0v) is 10.1. The normalized spacial score (nSPS) is 21.2. The minimum absolute atomic E-state index is 0.623. The Morgan fingerprint density at radius 1 is 1.50 bits per heavy atom. The van der Waals surface area contributed by atoms with Gasteiger partial charge in [-0.15, -0.1) is 0 Å². The SMILES string of the molecule is Cc1noc(C)c1COC[C@@H]1CCCNC1. The van der Waals surface area contributed by atoms with E-state index >= 15 is 0 Å². The van der Waals surface area contributed by atoms with Crippen LogP contribution in [0.2, 0.25) is 0 Å². The van der Waals surface area contributed by atoms with E-state index in [1.54, 1.807) is 0 Å². The molecule has 1 aromatic heterocycles. The molecule has 0 aliphatic carbocycles. The van der Waals surface area contributed by atoms with Crippen LogP contribution in [-0.4, -0.2) is 24.9 Å². The molecule has 1 fully saturated rings. The number of nitrogens with one attached hydrogen (secondary N) is 1. The van der Waals surface area contributed by atoms with Gasteiger partial charge in [0, 0.05) is 12.1 Å². The van der Waals surface area contributed by atoms with Crippen molar-refractivity contribution in [2.45, 2.75) is 33.3 Å². The van der Waals surface area contributed by atoms with E-state index in [-0.39, 0.29) is 0 Å². The van der Waals surface area contributed by atoms with E-state index in [1.807, 2.05) is 13.8 Å². The fraction of sp³-hybridized carbons (Fsp3) is 0.750. The minimum atomic E-state index is 0.623. The molecule has 0 amide bonds. The van der Waals surface area contributed by atoms with Crippen LogP contribution >= 0.6 is 0 Å². The summed E-state index contributed by atoms with van der Waals surface area (Å²) in [6.45, 7) is 7.58. The second kappa shape index (κ2) is 5.46. The van der Waals surface area contributed by atoms with E-state index in [1.165, 1.54) is 12.8 Å². The van der Waals surface area contributed by atoms with Crippen LogP contribution in [-0.2, 0) is 11.3 Å². The highest BCUT2D eigenvalue weighted by Gasteiger charge is 2.14. The van der Waals surface area contributed by atoms with Crippen molar-refractivity contribution in [1.82, 2.24) is 10.5 Å². The molecule has 1 aliphatic rings. The largest absolute Gasteiger partial charge is 0.376 e. The molecular weight excluding hydrogens is 204 g/mol. The topological polar surface area (TPSA) is 47.3 Å². The van der Waals surface area contributed by atoms with Gasteiger partial charge in [0.2, 0.25) is 0 Å². The first-order chi connectivity index (χ1) is 7.77. The Balaban J connectivity index is 1.75. The molecule has 90 valence electrons. The van der Waals surface area contributed by atoms with Gasteiger partial charge < -0.3 is 14.6 Å². The lowest BCUT2D eigenvalue weighted by molar-refractivity contribution is 0.0773. The predicted molar refractivity (Wildman–Crippen MR) is 61.2 cm³/mol. The Kier molecular flexibility index (Phi) is 3.96. The molecule has 1 aromatic rings. The maximum Gasteiger partial charge on any atom is 0.139 e. The van der Waals surface area contributed by atoms with Crippen molar-refractivity contribution >= 4 is 0 Å². The second-order valence-corrected chi connectivity index (χ2v) is 4.53. The summed E-state index contributed by atoms with van der Waals surface area (Å²) >= 11 is 0. The number of piperidine rings is 1. The second-order valence-electron chi connectivity index (χ2n) is 4.53. The Morgan fingerprint density at radius 3 is 3.00 bits per heavy atom. The summed E-state index contributed by atoms with van der Waals surface area (Å²) in [5.74, 6) is 1.54. The lowest BCUT2D eigenvalue weighted by atomic mass is 10.0. The first kappa shape index (κ1) is 11.6. The van der Waals surface area contributed by atoms with Crippen molar-refractivity contribution in [2.75, 3.05) is 19.7 Å². The fourth-order valence-corrected chi connectivity index (χ4v) is 2.10. The Labute approximate surface area is 96.3 Å². The molecule has 4 heteroatoms. The highest BCUT2D eigenvalue weighted by Crippen LogP contribution is 2.15. The summed E-state index contributed by atoms with van der Waals surface area (Å²) in [5.41, 5.74) is 2.04. The first-order valence-electron chi connectivity index (χ1n) is 5.97. The molecule has 0 unspecified atom stereocenters. The molecular formula is C12H20N2O2. The number of nitrogens with zero attached hydrogens (tertiary/aromatic N) is 1. The average molecular weight is 224 g/mol. The van der Waals surface area contributed by atoms with Gasteiger partial charge in [0.1, 0.15) is 5.76 Å². The molecule has 0 saturated carbocycles. The summed E-state index contributed by atoms with van der Waals surface area (Å²) in [7, 11) is 0. The number of hydrogen-bond acceptors (Lipinski definition) is 4. The molecule has 0 radical (unpaired) electrons. The van der Waals surface area contributed by atoms with E-state index in [2.05, 4.69) is 10.5 Å². The molecule has 2 rings (SSSR count). The van der Waals surface area contributed by atoms with Crippen molar-refractivity contribution < 1.29 is 9.26 Å². The van der Waals surface area contributed by atoms with Gasteiger partial charge in [-0.1, -0.05) is 5.16 Å². The summed E-state index contributed by atoms with van der Waals surface area (Å²) in [5, 5.41) is 7.30. The molecule has 1 saturated heterocycles. The molecule has 0 aromatic carbocycles. The van der Waals surface area contributed by atoms with E-state index in [4.69, 9.17) is 9.26 Å². The van der Waals surface area contributed by atoms with Gasteiger partial charge in [-0.2, -0.15) is 0 Å². The van der Waals surface area contributed by atoms with Gasteiger partial charge >= 0.3 is 0 Å². The standard InChI is InChI=1S/C12H20N2O2/c1-9-12(10(2)16-14-9)8-15-7-11-4-3-5-13-6-11/h11,13H,3-8H2,1-2H3/t11-/m1/s1. The van der Waals surface area contributed by atoms with Gasteiger partial charge in [-0.05, 0) is 39.2 Å². The van der Waals surface area contributed by atoms with Crippen LogP contribution in [0.15, 0.2) is 4.52 Å². The van der Waals surface area contributed by atoms with Crippen LogP contribution in [0.4, 0.5) is 0 Å². The lowest BCUT2D eigenvalue weighted by Gasteiger charge is -2.22. The van der Waals surface area contributed by atoms with Gasteiger partial charge in [-0.3, -0.25) is 0 Å². The number of hydrogen-bond donors (Lipinski definition) is 1. The number of ether oxygens (including phenoxy) is 1. The monoisotopic (exact) mass is 224 g/mol. The van der Waals surface area contributed by atoms with Crippen molar-refractivity contribution in [3.05, 3.63) is 17.0 Å². The summed E-state index contributed by atoms with van der Waals surface area (Å²) in [6.07, 6.45) is 2.54. The summed E-state index contributed by atoms with van der Waals surface area (Å²) < 4.78 is 10.8. The van der Waals surface area contributed by atoms with Crippen molar-refractivity contribution in [2.24, 2.45) is 5.92 Å². The van der Waals surface area contributed by atoms with Gasteiger partial charge in [0.15, 0.2) is 0 Å². The van der Waals surface area contributed by atoms with E-state index in [0.29, 0.717) is 12.5 Å². The third kappa shape index (κ3) is 2.83. The van der Waals surface area contributed by atoms with Crippen LogP contribution in [0, 0.1) is 19.8 Å². The molecule has 2 heterocycles. The lowest BCUT2D eigenvalue weighted by Crippen LogP contribution is -2.32. The van der Waals surface area contributed by atoms with E-state index < -0.39 is 0 Å². The number of aryl methyl sites for hydroxylation is 2. The summed E-state index contributed by atoms with van der Waals surface area (Å²) in [4.78, 5) is 0. The van der Waals surface area contributed by atoms with Crippen molar-refractivity contribution in [3.8, 4) is 0 Å². The molecule has 0 spiro atoms. The van der Waals surface area contributed by atoms with Gasteiger partial charge in [-0.25, -0.2) is 0 Å². The highest BCUT2D eigenvalue weighted by molar-refractivity contribution is 5.19. The zero-order valence-electron chi connectivity index (χ0n) is 10.1. The highest BCUT2D eigenvalue weighted by atomic mass is 16.5. The molecule has 1 aliphatic heterocycles. The average Bonchev–Trinajstić information content (AvgIpc) is 2.62. The van der Waals surface area contributed by atoms with Crippen LogP contribution in [0.5, 0.6) is 0 Å². The first-order valence-corrected chi connectivity index (χ1v) is 5.97. The molecule has 4 nitrogen and oxygen atoms in total. The van der Waals surface area contributed by atoms with Crippen LogP contribution in [0.1, 0.15) is 29.9 Å². The molecule has 16 heavy (non-hydrogen) atoms. The van der Waals surface area contributed by atoms with E-state index in [0.717, 1.165) is 36.7 Å². The van der Waals surface area contributed by atoms with Crippen LogP contribution in [0.25, 0.3) is 0 Å². The van der Waals surface area contributed by atoms with Gasteiger partial charge in [0.25, 0.3) is 0 Å². The maximum atomic E-state index is 5.74. The smallest absolute Gasteiger partial charge is 0.139 e. The minimum Gasteiger partial charge on any atom is -0.376 e. The Hall–Kier alpha value is -0.870. The third-order valence-corrected chi connectivity index (χ3v) is 3.18. The maximum absolute atomic E-state index is 5.74. The predicted octanol–water partition coefficient (Wildman–Crippen LogP) is 1.81. The van der Waals surface area contributed by atoms with Gasteiger partial charge in [0.05, 0.1) is 18.9 Å². The molecule has 1 atom stereocenters. The van der Waals surface area contributed by atoms with Crippen LogP contribution < -0.4 is 5.32 Å².